The summed E-state index contributed by atoms with van der Waals surface area (Å²) in [5.41, 5.74) is 3.14. The lowest BCUT2D eigenvalue weighted by Crippen LogP contribution is -2.19. The number of amides is 2. The highest BCUT2D eigenvalue weighted by Gasteiger charge is 2.03. The van der Waals surface area contributed by atoms with Crippen LogP contribution in [0.4, 0.5) is 16.2 Å². The molecule has 0 aliphatic heterocycles. The molecule has 4 heteroatoms. The van der Waals surface area contributed by atoms with Gasteiger partial charge in [-0.25, -0.2) is 4.79 Å². The Morgan fingerprint density at radius 3 is 2.40 bits per heavy atom. The number of benzene rings is 2. The summed E-state index contributed by atoms with van der Waals surface area (Å²) in [5.74, 6) is 0. The minimum Gasteiger partial charge on any atom is -0.308 e. The van der Waals surface area contributed by atoms with Gasteiger partial charge >= 0.3 is 6.03 Å². The van der Waals surface area contributed by atoms with Gasteiger partial charge in [-0.2, -0.15) is 0 Å². The minimum absolute atomic E-state index is 0.308. The molecule has 0 saturated carbocycles. The summed E-state index contributed by atoms with van der Waals surface area (Å²) in [6, 6.07) is 14.1. The third-order valence-electron chi connectivity index (χ3n) is 2.90. The molecule has 102 valence electrons. The Balaban J connectivity index is 1.98. The number of anilines is 2. The normalized spacial score (nSPS) is 9.85. The van der Waals surface area contributed by atoms with Gasteiger partial charge in [0.15, 0.2) is 0 Å². The molecule has 2 rings (SSSR count). The first-order chi connectivity index (χ1) is 9.71. The number of hydrogen-bond donors (Lipinski definition) is 2. The third-order valence-corrected chi connectivity index (χ3v) is 2.90. The molecule has 0 unspecified atom stereocenters. The van der Waals surface area contributed by atoms with Crippen LogP contribution in [0.3, 0.4) is 0 Å². The summed E-state index contributed by atoms with van der Waals surface area (Å²) in [6.07, 6.45) is 1.68. The van der Waals surface area contributed by atoms with Crippen molar-refractivity contribution in [2.45, 2.75) is 13.3 Å². The van der Waals surface area contributed by atoms with Crippen molar-refractivity contribution in [2.75, 3.05) is 10.6 Å². The standard InChI is InChI=1S/C16H16N2O2/c1-2-12-4-3-5-15(10-12)18-16(20)17-14-8-6-13(11-19)7-9-14/h3-11H,2H2,1H3,(H2,17,18,20). The van der Waals surface area contributed by atoms with E-state index in [1.54, 1.807) is 24.3 Å². The van der Waals surface area contributed by atoms with Crippen molar-refractivity contribution in [1.29, 1.82) is 0 Å². The fraction of sp³-hybridized carbons (Fsp3) is 0.125. The number of hydrogen-bond acceptors (Lipinski definition) is 2. The summed E-state index contributed by atoms with van der Waals surface area (Å²) < 4.78 is 0. The van der Waals surface area contributed by atoms with Crippen LogP contribution in [0.25, 0.3) is 0 Å². The average Bonchev–Trinajstić information content (AvgIpc) is 2.48. The average molecular weight is 268 g/mol. The van der Waals surface area contributed by atoms with E-state index in [1.165, 1.54) is 0 Å². The Morgan fingerprint density at radius 1 is 1.05 bits per heavy atom. The largest absolute Gasteiger partial charge is 0.323 e. The van der Waals surface area contributed by atoms with Crippen LogP contribution in [-0.4, -0.2) is 12.3 Å². The van der Waals surface area contributed by atoms with Crippen LogP contribution < -0.4 is 10.6 Å². The molecular formula is C16H16N2O2. The number of urea groups is 1. The summed E-state index contributed by atoms with van der Waals surface area (Å²) in [5, 5.41) is 5.49. The Morgan fingerprint density at radius 2 is 1.75 bits per heavy atom. The van der Waals surface area contributed by atoms with E-state index in [-0.39, 0.29) is 6.03 Å². The molecule has 0 radical (unpaired) electrons. The first-order valence-corrected chi connectivity index (χ1v) is 6.43. The topological polar surface area (TPSA) is 58.2 Å². The lowest BCUT2D eigenvalue weighted by atomic mass is 10.1. The van der Waals surface area contributed by atoms with Crippen LogP contribution in [0.2, 0.25) is 0 Å². The van der Waals surface area contributed by atoms with Gasteiger partial charge in [0.2, 0.25) is 0 Å². The van der Waals surface area contributed by atoms with Crippen LogP contribution in [0.15, 0.2) is 48.5 Å². The van der Waals surface area contributed by atoms with E-state index in [4.69, 9.17) is 0 Å². The van der Waals surface area contributed by atoms with Crippen LogP contribution in [0.1, 0.15) is 22.8 Å². The zero-order chi connectivity index (χ0) is 14.4. The molecule has 0 aromatic heterocycles. The summed E-state index contributed by atoms with van der Waals surface area (Å²) >= 11 is 0. The van der Waals surface area contributed by atoms with Gasteiger partial charge in [0.05, 0.1) is 0 Å². The van der Waals surface area contributed by atoms with Crippen LogP contribution in [-0.2, 0) is 6.42 Å². The molecular weight excluding hydrogens is 252 g/mol. The van der Waals surface area contributed by atoms with Gasteiger partial charge in [-0.3, -0.25) is 4.79 Å². The minimum atomic E-state index is -0.308. The van der Waals surface area contributed by atoms with Gasteiger partial charge in [-0.05, 0) is 48.4 Å². The Labute approximate surface area is 117 Å². The zero-order valence-corrected chi connectivity index (χ0v) is 11.2. The lowest BCUT2D eigenvalue weighted by Gasteiger charge is -2.08. The van der Waals surface area contributed by atoms with Crippen molar-refractivity contribution in [2.24, 2.45) is 0 Å². The third kappa shape index (κ3) is 3.68. The number of rotatable bonds is 4. The van der Waals surface area contributed by atoms with Gasteiger partial charge in [0.25, 0.3) is 0 Å². The van der Waals surface area contributed by atoms with E-state index in [2.05, 4.69) is 17.6 Å². The maximum absolute atomic E-state index is 11.8. The molecule has 2 aromatic rings. The highest BCUT2D eigenvalue weighted by Crippen LogP contribution is 2.13. The maximum atomic E-state index is 11.8. The molecule has 2 amide bonds. The van der Waals surface area contributed by atoms with E-state index < -0.39 is 0 Å². The molecule has 20 heavy (non-hydrogen) atoms. The van der Waals surface area contributed by atoms with E-state index in [1.807, 2.05) is 24.3 Å². The van der Waals surface area contributed by atoms with Crippen molar-refractivity contribution in [1.82, 2.24) is 0 Å². The van der Waals surface area contributed by atoms with Crippen LogP contribution in [0, 0.1) is 0 Å². The van der Waals surface area contributed by atoms with E-state index in [9.17, 15) is 9.59 Å². The Bertz CT molecular complexity index is 606. The highest BCUT2D eigenvalue weighted by molar-refractivity contribution is 5.99. The molecule has 0 aliphatic rings. The predicted octanol–water partition coefficient (Wildman–Crippen LogP) is 3.71. The second-order valence-electron chi connectivity index (χ2n) is 4.37. The van der Waals surface area contributed by atoms with Crippen molar-refractivity contribution in [3.8, 4) is 0 Å². The highest BCUT2D eigenvalue weighted by atomic mass is 16.2. The van der Waals surface area contributed by atoms with E-state index in [0.717, 1.165) is 24.0 Å². The summed E-state index contributed by atoms with van der Waals surface area (Å²) in [6.45, 7) is 2.06. The second-order valence-corrected chi connectivity index (χ2v) is 4.37. The molecule has 0 atom stereocenters. The van der Waals surface area contributed by atoms with E-state index >= 15 is 0 Å². The van der Waals surface area contributed by atoms with Crippen molar-refractivity contribution < 1.29 is 9.59 Å². The maximum Gasteiger partial charge on any atom is 0.323 e. The number of aryl methyl sites for hydroxylation is 1. The fourth-order valence-electron chi connectivity index (χ4n) is 1.81. The lowest BCUT2D eigenvalue weighted by molar-refractivity contribution is 0.112. The van der Waals surface area contributed by atoms with Crippen molar-refractivity contribution >= 4 is 23.7 Å². The molecule has 0 heterocycles. The van der Waals surface area contributed by atoms with Crippen molar-refractivity contribution in [3.63, 3.8) is 0 Å². The molecule has 0 bridgehead atoms. The monoisotopic (exact) mass is 268 g/mol. The quantitative estimate of drug-likeness (QED) is 0.830. The zero-order valence-electron chi connectivity index (χ0n) is 11.2. The van der Waals surface area contributed by atoms with Crippen LogP contribution >= 0.6 is 0 Å². The molecule has 4 nitrogen and oxygen atoms in total. The van der Waals surface area contributed by atoms with Gasteiger partial charge in [0, 0.05) is 16.9 Å². The van der Waals surface area contributed by atoms with Gasteiger partial charge in [-0.15, -0.1) is 0 Å². The van der Waals surface area contributed by atoms with Crippen LogP contribution in [0.5, 0.6) is 0 Å². The molecule has 0 fully saturated rings. The number of aldehydes is 1. The van der Waals surface area contributed by atoms with Gasteiger partial charge < -0.3 is 10.6 Å². The first kappa shape index (κ1) is 13.8. The Hall–Kier alpha value is -2.62. The Kier molecular flexibility index (Phi) is 4.50. The first-order valence-electron chi connectivity index (χ1n) is 6.43. The molecule has 2 N–H and O–H groups in total. The summed E-state index contributed by atoms with van der Waals surface area (Å²) in [4.78, 5) is 22.4. The van der Waals surface area contributed by atoms with E-state index in [0.29, 0.717) is 11.3 Å². The number of nitrogens with one attached hydrogen (secondary N) is 2. The fourth-order valence-corrected chi connectivity index (χ4v) is 1.81. The summed E-state index contributed by atoms with van der Waals surface area (Å²) in [7, 11) is 0. The second kappa shape index (κ2) is 6.52. The molecule has 0 spiro atoms. The van der Waals surface area contributed by atoms with Crippen molar-refractivity contribution in [3.05, 3.63) is 59.7 Å². The SMILES string of the molecule is CCc1cccc(NC(=O)Nc2ccc(C=O)cc2)c1. The smallest absolute Gasteiger partial charge is 0.308 e. The molecule has 0 aliphatic carbocycles. The predicted molar refractivity (Wildman–Crippen MR) is 80.3 cm³/mol. The molecule has 2 aromatic carbocycles. The van der Waals surface area contributed by atoms with Gasteiger partial charge in [0.1, 0.15) is 6.29 Å². The number of carbonyl (C=O) groups excluding carboxylic acids is 2. The number of carbonyl (C=O) groups is 2. The molecule has 0 saturated heterocycles. The van der Waals surface area contributed by atoms with Gasteiger partial charge in [-0.1, -0.05) is 19.1 Å².